The molecule has 2 aromatic rings. The molecule has 1 aliphatic heterocycles. The number of aliphatic hydroxyl groups excluding tert-OH is 1. The van der Waals surface area contributed by atoms with E-state index in [9.17, 15) is 9.90 Å². The molecule has 2 heterocycles. The van der Waals surface area contributed by atoms with Gasteiger partial charge in [-0.15, -0.1) is 0 Å². The summed E-state index contributed by atoms with van der Waals surface area (Å²) in [6, 6.07) is 7.52. The van der Waals surface area contributed by atoms with Gasteiger partial charge < -0.3 is 14.4 Å². The fourth-order valence-corrected chi connectivity index (χ4v) is 2.84. The van der Waals surface area contributed by atoms with Gasteiger partial charge in [0.2, 0.25) is 5.91 Å². The highest BCUT2D eigenvalue weighted by molar-refractivity contribution is 7.99. The smallest absolute Gasteiger partial charge is 0.257 e. The second kappa shape index (κ2) is 5.22. The van der Waals surface area contributed by atoms with Crippen LogP contribution >= 0.6 is 11.8 Å². The molecular weight excluding hydrogens is 264 g/mol. The van der Waals surface area contributed by atoms with Crippen LogP contribution in [0.2, 0.25) is 0 Å². The van der Waals surface area contributed by atoms with Crippen LogP contribution in [0.15, 0.2) is 33.9 Å². The Balaban J connectivity index is 1.61. The molecule has 0 unspecified atom stereocenters. The Morgan fingerprint density at radius 2 is 2.37 bits per heavy atom. The van der Waals surface area contributed by atoms with E-state index in [1.165, 1.54) is 11.8 Å². The molecule has 1 fully saturated rings. The van der Waals surface area contributed by atoms with Gasteiger partial charge in [-0.25, -0.2) is 4.98 Å². The summed E-state index contributed by atoms with van der Waals surface area (Å²) in [5.41, 5.74) is 1.53. The summed E-state index contributed by atoms with van der Waals surface area (Å²) < 4.78 is 5.53. The summed E-state index contributed by atoms with van der Waals surface area (Å²) in [7, 11) is 0. The normalized spacial score (nSPS) is 19.2. The van der Waals surface area contributed by atoms with Gasteiger partial charge in [-0.05, 0) is 18.6 Å². The van der Waals surface area contributed by atoms with Crippen molar-refractivity contribution >= 4 is 28.8 Å². The van der Waals surface area contributed by atoms with Crippen molar-refractivity contribution < 1.29 is 14.3 Å². The van der Waals surface area contributed by atoms with E-state index in [0.29, 0.717) is 30.5 Å². The van der Waals surface area contributed by atoms with E-state index < -0.39 is 0 Å². The standard InChI is InChI=1S/C13H14N2O3S/c16-9-5-6-15(7-9)12(17)8-19-13-14-10-3-1-2-4-11(10)18-13/h1-4,9,16H,5-8H2/t9-/m0/s1. The number of thioether (sulfide) groups is 1. The maximum absolute atomic E-state index is 11.9. The number of para-hydroxylation sites is 2. The van der Waals surface area contributed by atoms with Gasteiger partial charge >= 0.3 is 0 Å². The van der Waals surface area contributed by atoms with E-state index in [4.69, 9.17) is 4.42 Å². The zero-order valence-electron chi connectivity index (χ0n) is 10.3. The molecule has 6 heteroatoms. The minimum Gasteiger partial charge on any atom is -0.431 e. The summed E-state index contributed by atoms with van der Waals surface area (Å²) >= 11 is 1.29. The van der Waals surface area contributed by atoms with Crippen LogP contribution in [0.4, 0.5) is 0 Å². The maximum Gasteiger partial charge on any atom is 0.257 e. The Morgan fingerprint density at radius 3 is 3.11 bits per heavy atom. The lowest BCUT2D eigenvalue weighted by molar-refractivity contribution is -0.127. The molecule has 0 spiro atoms. The number of oxazole rings is 1. The summed E-state index contributed by atoms with van der Waals surface area (Å²) in [5.74, 6) is 0.309. The van der Waals surface area contributed by atoms with Crippen molar-refractivity contribution in [2.75, 3.05) is 18.8 Å². The van der Waals surface area contributed by atoms with E-state index in [-0.39, 0.29) is 12.0 Å². The van der Waals surface area contributed by atoms with Crippen LogP contribution in [0.25, 0.3) is 11.1 Å². The molecule has 1 aromatic carbocycles. The fourth-order valence-electron chi connectivity index (χ4n) is 2.10. The lowest BCUT2D eigenvalue weighted by Gasteiger charge is -2.14. The first-order valence-electron chi connectivity index (χ1n) is 6.16. The first-order valence-corrected chi connectivity index (χ1v) is 7.15. The molecular formula is C13H14N2O3S. The predicted octanol–water partition coefficient (Wildman–Crippen LogP) is 1.51. The van der Waals surface area contributed by atoms with E-state index in [1.807, 2.05) is 24.3 Å². The van der Waals surface area contributed by atoms with Crippen molar-refractivity contribution in [3.05, 3.63) is 24.3 Å². The van der Waals surface area contributed by atoms with Gasteiger partial charge in [0.25, 0.3) is 5.22 Å². The number of likely N-dealkylation sites (tertiary alicyclic amines) is 1. The summed E-state index contributed by atoms with van der Waals surface area (Å²) in [6.45, 7) is 1.07. The van der Waals surface area contributed by atoms with Crippen LogP contribution in [0.3, 0.4) is 0 Å². The number of aromatic nitrogens is 1. The first kappa shape index (κ1) is 12.5. The molecule has 100 valence electrons. The van der Waals surface area contributed by atoms with Crippen LogP contribution < -0.4 is 0 Å². The number of amides is 1. The number of hydrogen-bond acceptors (Lipinski definition) is 5. The molecule has 1 saturated heterocycles. The second-order valence-corrected chi connectivity index (χ2v) is 5.45. The topological polar surface area (TPSA) is 66.6 Å². The third kappa shape index (κ3) is 2.74. The number of benzene rings is 1. The number of rotatable bonds is 3. The molecule has 1 amide bonds. The minimum atomic E-state index is -0.377. The Bertz CT molecular complexity index is 565. The Labute approximate surface area is 114 Å². The van der Waals surface area contributed by atoms with E-state index in [2.05, 4.69) is 4.98 Å². The Kier molecular flexibility index (Phi) is 3.44. The van der Waals surface area contributed by atoms with Crippen LogP contribution in [-0.2, 0) is 4.79 Å². The summed E-state index contributed by atoms with van der Waals surface area (Å²) in [4.78, 5) is 17.9. The zero-order valence-corrected chi connectivity index (χ0v) is 11.1. The third-order valence-electron chi connectivity index (χ3n) is 3.11. The van der Waals surface area contributed by atoms with Crippen molar-refractivity contribution in [2.24, 2.45) is 0 Å². The maximum atomic E-state index is 11.9. The molecule has 1 atom stereocenters. The van der Waals surface area contributed by atoms with Crippen molar-refractivity contribution in [1.29, 1.82) is 0 Å². The highest BCUT2D eigenvalue weighted by Gasteiger charge is 2.24. The number of nitrogens with zero attached hydrogens (tertiary/aromatic N) is 2. The van der Waals surface area contributed by atoms with Gasteiger partial charge in [-0.3, -0.25) is 4.79 Å². The number of carbonyl (C=O) groups is 1. The van der Waals surface area contributed by atoms with Gasteiger partial charge in [0.15, 0.2) is 5.58 Å². The van der Waals surface area contributed by atoms with E-state index in [1.54, 1.807) is 4.90 Å². The molecule has 1 aliphatic rings. The Hall–Kier alpha value is -1.53. The second-order valence-electron chi connectivity index (χ2n) is 4.52. The molecule has 3 rings (SSSR count). The molecule has 0 radical (unpaired) electrons. The minimum absolute atomic E-state index is 0.0174. The molecule has 0 aliphatic carbocycles. The largest absolute Gasteiger partial charge is 0.431 e. The van der Waals surface area contributed by atoms with Crippen LogP contribution in [0, 0.1) is 0 Å². The van der Waals surface area contributed by atoms with Crippen molar-refractivity contribution in [1.82, 2.24) is 9.88 Å². The highest BCUT2D eigenvalue weighted by Crippen LogP contribution is 2.23. The third-order valence-corrected chi connectivity index (χ3v) is 3.92. The molecule has 1 aromatic heterocycles. The monoisotopic (exact) mass is 278 g/mol. The number of β-amino-alcohol motifs (C(OH)–C–C–N with tert-alkyl or cyclic N) is 1. The summed E-state index contributed by atoms with van der Waals surface area (Å²) in [5, 5.41) is 9.91. The average molecular weight is 278 g/mol. The molecule has 0 bridgehead atoms. The summed E-state index contributed by atoms with van der Waals surface area (Å²) in [6.07, 6.45) is 0.289. The molecule has 5 nitrogen and oxygen atoms in total. The number of hydrogen-bond donors (Lipinski definition) is 1. The zero-order chi connectivity index (χ0) is 13.2. The van der Waals surface area contributed by atoms with E-state index in [0.717, 1.165) is 11.1 Å². The van der Waals surface area contributed by atoms with Crippen molar-refractivity contribution in [3.63, 3.8) is 0 Å². The SMILES string of the molecule is O=C(CSc1nc2ccccc2o1)N1CC[C@H](O)C1. The van der Waals surface area contributed by atoms with Crippen molar-refractivity contribution in [2.45, 2.75) is 17.7 Å². The van der Waals surface area contributed by atoms with Gasteiger partial charge in [0, 0.05) is 13.1 Å². The van der Waals surface area contributed by atoms with Crippen LogP contribution in [0.1, 0.15) is 6.42 Å². The predicted molar refractivity (Wildman–Crippen MR) is 71.9 cm³/mol. The fraction of sp³-hybridized carbons (Fsp3) is 0.385. The lowest BCUT2D eigenvalue weighted by atomic mass is 10.3. The molecule has 19 heavy (non-hydrogen) atoms. The molecule has 0 saturated carbocycles. The van der Waals surface area contributed by atoms with Crippen LogP contribution in [-0.4, -0.2) is 45.8 Å². The van der Waals surface area contributed by atoms with Gasteiger partial charge in [0.1, 0.15) is 5.52 Å². The average Bonchev–Trinajstić information content (AvgIpc) is 3.01. The van der Waals surface area contributed by atoms with Gasteiger partial charge in [0.05, 0.1) is 11.9 Å². The highest BCUT2D eigenvalue weighted by atomic mass is 32.2. The molecule has 1 N–H and O–H groups in total. The quantitative estimate of drug-likeness (QED) is 0.862. The Morgan fingerprint density at radius 1 is 1.53 bits per heavy atom. The van der Waals surface area contributed by atoms with E-state index >= 15 is 0 Å². The van der Waals surface area contributed by atoms with Gasteiger partial charge in [-0.1, -0.05) is 23.9 Å². The van der Waals surface area contributed by atoms with Crippen molar-refractivity contribution in [3.8, 4) is 0 Å². The lowest BCUT2D eigenvalue weighted by Crippen LogP contribution is -2.30. The van der Waals surface area contributed by atoms with Gasteiger partial charge in [-0.2, -0.15) is 0 Å². The first-order chi connectivity index (χ1) is 9.22. The number of fused-ring (bicyclic) bond motifs is 1. The van der Waals surface area contributed by atoms with Crippen LogP contribution in [0.5, 0.6) is 0 Å². The number of carbonyl (C=O) groups excluding carboxylic acids is 1. The number of aliphatic hydroxyl groups is 1.